The van der Waals surface area contributed by atoms with Gasteiger partial charge in [-0.15, -0.1) is 11.3 Å². The Morgan fingerprint density at radius 2 is 2.21 bits per heavy atom. The number of benzene rings is 1. The molecule has 0 unspecified atom stereocenters. The predicted octanol–water partition coefficient (Wildman–Crippen LogP) is 3.53. The Morgan fingerprint density at radius 3 is 3.05 bits per heavy atom. The fourth-order valence-corrected chi connectivity index (χ4v) is 3.26. The second kappa shape index (κ2) is 5.05. The molecule has 3 nitrogen and oxygen atoms in total. The summed E-state index contributed by atoms with van der Waals surface area (Å²) in [6.07, 6.45) is 0.827. The van der Waals surface area contributed by atoms with E-state index < -0.39 is 0 Å². The van der Waals surface area contributed by atoms with Crippen LogP contribution in [-0.2, 0) is 11.2 Å². The van der Waals surface area contributed by atoms with Gasteiger partial charge in [0.05, 0.1) is 13.2 Å². The summed E-state index contributed by atoms with van der Waals surface area (Å²) in [5.41, 5.74) is 2.16. The van der Waals surface area contributed by atoms with E-state index in [4.69, 9.17) is 9.47 Å². The third kappa shape index (κ3) is 2.24. The van der Waals surface area contributed by atoms with E-state index >= 15 is 0 Å². The van der Waals surface area contributed by atoms with Gasteiger partial charge in [-0.3, -0.25) is 0 Å². The van der Waals surface area contributed by atoms with Crippen LogP contribution in [0, 0.1) is 0 Å². The van der Waals surface area contributed by atoms with Crippen molar-refractivity contribution < 1.29 is 14.3 Å². The molecule has 1 aromatic carbocycles. The quantitative estimate of drug-likeness (QED) is 0.786. The van der Waals surface area contributed by atoms with Crippen LogP contribution < -0.4 is 4.74 Å². The number of para-hydroxylation sites is 1. The first-order valence-electron chi connectivity index (χ1n) is 6.31. The van der Waals surface area contributed by atoms with Crippen LogP contribution in [-0.4, -0.2) is 19.2 Å². The highest BCUT2D eigenvalue weighted by Crippen LogP contribution is 2.39. The van der Waals surface area contributed by atoms with Gasteiger partial charge in [-0.25, -0.2) is 4.79 Å². The minimum absolute atomic E-state index is 0.237. The van der Waals surface area contributed by atoms with E-state index in [2.05, 4.69) is 0 Å². The maximum absolute atomic E-state index is 11.8. The third-order valence-corrected chi connectivity index (χ3v) is 4.22. The lowest BCUT2D eigenvalue weighted by molar-refractivity contribution is 0.0532. The first-order chi connectivity index (χ1) is 9.29. The van der Waals surface area contributed by atoms with E-state index in [9.17, 15) is 4.79 Å². The molecule has 98 valence electrons. The molecule has 1 aliphatic rings. The molecule has 0 N–H and O–H groups in total. The zero-order chi connectivity index (χ0) is 13.2. The summed E-state index contributed by atoms with van der Waals surface area (Å²) < 4.78 is 10.8. The molecule has 1 aromatic heterocycles. The lowest BCUT2D eigenvalue weighted by Crippen LogP contribution is -2.02. The minimum Gasteiger partial charge on any atom is -0.493 e. The first-order valence-corrected chi connectivity index (χ1v) is 7.13. The van der Waals surface area contributed by atoms with Crippen LogP contribution in [0.2, 0.25) is 0 Å². The fourth-order valence-electron chi connectivity index (χ4n) is 2.21. The molecule has 0 aliphatic carbocycles. The van der Waals surface area contributed by atoms with E-state index in [1.165, 1.54) is 16.2 Å². The average Bonchev–Trinajstić information content (AvgIpc) is 2.77. The van der Waals surface area contributed by atoms with Crippen LogP contribution >= 0.6 is 11.3 Å². The van der Waals surface area contributed by atoms with E-state index in [1.54, 1.807) is 0 Å². The molecule has 1 aliphatic heterocycles. The Morgan fingerprint density at radius 1 is 1.37 bits per heavy atom. The summed E-state index contributed by atoms with van der Waals surface area (Å²) in [6, 6.07) is 9.86. The Labute approximate surface area is 115 Å². The summed E-state index contributed by atoms with van der Waals surface area (Å²) in [7, 11) is 0. The van der Waals surface area contributed by atoms with Crippen molar-refractivity contribution in [1.82, 2.24) is 0 Å². The molecule has 0 saturated carbocycles. The van der Waals surface area contributed by atoms with Crippen molar-refractivity contribution in [2.75, 3.05) is 13.2 Å². The van der Waals surface area contributed by atoms with E-state index in [0.29, 0.717) is 18.1 Å². The van der Waals surface area contributed by atoms with Crippen LogP contribution in [0.1, 0.15) is 21.5 Å². The molecule has 0 atom stereocenters. The molecule has 4 heteroatoms. The first kappa shape index (κ1) is 12.2. The summed E-state index contributed by atoms with van der Waals surface area (Å²) in [6.45, 7) is 2.87. The van der Waals surface area contributed by atoms with Crippen LogP contribution in [0.4, 0.5) is 0 Å². The molecule has 0 bridgehead atoms. The Hall–Kier alpha value is -1.81. The number of hydrogen-bond donors (Lipinski definition) is 0. The van der Waals surface area contributed by atoms with Gasteiger partial charge in [-0.1, -0.05) is 18.2 Å². The van der Waals surface area contributed by atoms with Gasteiger partial charge in [0.1, 0.15) is 10.6 Å². The standard InChI is InChI=1S/C15H14O3S/c1-2-17-15(16)14-9-11-10-5-3-4-6-12(10)18-8-7-13(11)19-14/h3-6,9H,2,7-8H2,1H3. The Kier molecular flexibility index (Phi) is 3.25. The smallest absolute Gasteiger partial charge is 0.348 e. The second-order valence-corrected chi connectivity index (χ2v) is 5.40. The largest absolute Gasteiger partial charge is 0.493 e. The molecular weight excluding hydrogens is 260 g/mol. The number of ether oxygens (including phenoxy) is 2. The number of rotatable bonds is 2. The van der Waals surface area contributed by atoms with Crippen molar-refractivity contribution in [2.24, 2.45) is 0 Å². The van der Waals surface area contributed by atoms with Gasteiger partial charge in [0.15, 0.2) is 0 Å². The van der Waals surface area contributed by atoms with E-state index in [0.717, 1.165) is 23.3 Å². The summed E-state index contributed by atoms with van der Waals surface area (Å²) in [5, 5.41) is 0. The number of carbonyl (C=O) groups excluding carboxylic acids is 1. The number of hydrogen-bond acceptors (Lipinski definition) is 4. The predicted molar refractivity (Wildman–Crippen MR) is 74.9 cm³/mol. The maximum atomic E-state index is 11.8. The van der Waals surface area contributed by atoms with Crippen molar-refractivity contribution in [3.05, 3.63) is 40.1 Å². The van der Waals surface area contributed by atoms with E-state index in [1.807, 2.05) is 37.3 Å². The minimum atomic E-state index is -0.237. The highest BCUT2D eigenvalue weighted by Gasteiger charge is 2.21. The zero-order valence-electron chi connectivity index (χ0n) is 10.6. The molecule has 0 fully saturated rings. The molecule has 0 radical (unpaired) electrons. The van der Waals surface area contributed by atoms with Crippen molar-refractivity contribution >= 4 is 17.3 Å². The molecule has 19 heavy (non-hydrogen) atoms. The SMILES string of the molecule is CCOC(=O)c1cc2c(s1)CCOc1ccccc1-2. The van der Waals surface area contributed by atoms with Gasteiger partial charge in [-0.2, -0.15) is 0 Å². The van der Waals surface area contributed by atoms with Crippen LogP contribution in [0.5, 0.6) is 5.75 Å². The third-order valence-electron chi connectivity index (χ3n) is 3.05. The van der Waals surface area contributed by atoms with E-state index in [-0.39, 0.29) is 5.97 Å². The number of esters is 1. The summed E-state index contributed by atoms with van der Waals surface area (Å²) >= 11 is 1.51. The van der Waals surface area contributed by atoms with Crippen molar-refractivity contribution in [3.63, 3.8) is 0 Å². The van der Waals surface area contributed by atoms with Crippen LogP contribution in [0.15, 0.2) is 30.3 Å². The topological polar surface area (TPSA) is 35.5 Å². The Balaban J connectivity index is 2.06. The maximum Gasteiger partial charge on any atom is 0.348 e. The van der Waals surface area contributed by atoms with Gasteiger partial charge in [0, 0.05) is 22.4 Å². The molecule has 0 amide bonds. The molecule has 0 saturated heterocycles. The lowest BCUT2D eigenvalue weighted by atomic mass is 10.0. The van der Waals surface area contributed by atoms with Crippen LogP contribution in [0.25, 0.3) is 11.1 Å². The van der Waals surface area contributed by atoms with Gasteiger partial charge in [-0.05, 0) is 19.1 Å². The normalized spacial score (nSPS) is 12.9. The number of carbonyl (C=O) groups is 1. The lowest BCUT2D eigenvalue weighted by Gasteiger charge is -2.05. The number of fused-ring (bicyclic) bond motifs is 3. The van der Waals surface area contributed by atoms with Gasteiger partial charge in [0.2, 0.25) is 0 Å². The summed E-state index contributed by atoms with van der Waals surface area (Å²) in [4.78, 5) is 13.7. The van der Waals surface area contributed by atoms with Gasteiger partial charge >= 0.3 is 5.97 Å². The molecule has 3 rings (SSSR count). The average molecular weight is 274 g/mol. The van der Waals surface area contributed by atoms with Crippen LogP contribution in [0.3, 0.4) is 0 Å². The highest BCUT2D eigenvalue weighted by atomic mass is 32.1. The molecule has 2 heterocycles. The summed E-state index contributed by atoms with van der Waals surface area (Å²) in [5.74, 6) is 0.647. The second-order valence-electron chi connectivity index (χ2n) is 4.26. The van der Waals surface area contributed by atoms with Crippen molar-refractivity contribution in [1.29, 1.82) is 0 Å². The zero-order valence-corrected chi connectivity index (χ0v) is 11.5. The number of thiophene rings is 1. The van der Waals surface area contributed by atoms with Crippen molar-refractivity contribution in [2.45, 2.75) is 13.3 Å². The monoisotopic (exact) mass is 274 g/mol. The van der Waals surface area contributed by atoms with Gasteiger partial charge in [0.25, 0.3) is 0 Å². The fraction of sp³-hybridized carbons (Fsp3) is 0.267. The van der Waals surface area contributed by atoms with Gasteiger partial charge < -0.3 is 9.47 Å². The highest BCUT2D eigenvalue weighted by molar-refractivity contribution is 7.14. The Bertz CT molecular complexity index is 616. The molecule has 0 spiro atoms. The molecule has 2 aromatic rings. The van der Waals surface area contributed by atoms with Crippen molar-refractivity contribution in [3.8, 4) is 16.9 Å². The molecular formula is C15H14O3S.